The van der Waals surface area contributed by atoms with Crippen LogP contribution in [-0.4, -0.2) is 9.13 Å². The van der Waals surface area contributed by atoms with Gasteiger partial charge in [-0.05, 0) is 87.4 Å². The Hall–Kier alpha value is -4.38. The molecule has 0 aliphatic heterocycles. The highest BCUT2D eigenvalue weighted by Crippen LogP contribution is 2.48. The van der Waals surface area contributed by atoms with Crippen LogP contribution in [0.2, 0.25) is 0 Å². The van der Waals surface area contributed by atoms with E-state index in [0.29, 0.717) is 0 Å². The van der Waals surface area contributed by atoms with Crippen LogP contribution in [0.15, 0.2) is 97.1 Å². The highest BCUT2D eigenvalue weighted by molar-refractivity contribution is 7.27. The van der Waals surface area contributed by atoms with Crippen molar-refractivity contribution in [2.75, 3.05) is 0 Å². The first-order valence-corrected chi connectivity index (χ1v) is 16.1. The van der Waals surface area contributed by atoms with Gasteiger partial charge in [-0.25, -0.2) is 0 Å². The zero-order valence-corrected chi connectivity index (χ0v) is 25.6. The maximum Gasteiger partial charge on any atom is 0.0728 e. The summed E-state index contributed by atoms with van der Waals surface area (Å²) in [5.41, 5.74) is 12.7. The van der Waals surface area contributed by atoms with Crippen LogP contribution >= 0.6 is 22.7 Å². The summed E-state index contributed by atoms with van der Waals surface area (Å²) < 4.78 is 10.4. The van der Waals surface area contributed by atoms with Gasteiger partial charge in [0.25, 0.3) is 0 Å². The number of thiophene rings is 2. The fraction of sp³-hybridized carbons (Fsp3) is 0.105. The van der Waals surface area contributed by atoms with Gasteiger partial charge in [-0.15, -0.1) is 22.7 Å². The summed E-state index contributed by atoms with van der Waals surface area (Å²) >= 11 is 3.86. The van der Waals surface area contributed by atoms with E-state index in [4.69, 9.17) is 0 Å². The van der Waals surface area contributed by atoms with Crippen molar-refractivity contribution < 1.29 is 0 Å². The summed E-state index contributed by atoms with van der Waals surface area (Å²) in [7, 11) is 0. The SMILES string of the molecule is Cc1ccc(-n2c3cc(C)ccc3c3sc4cc5c6sc7cc(C)ccc7c6n(-c6ccc(C)cc6)c5cc4c32)cc1. The molecule has 0 aliphatic carbocycles. The molecule has 4 heteroatoms. The van der Waals surface area contributed by atoms with Crippen molar-refractivity contribution in [2.24, 2.45) is 0 Å². The minimum absolute atomic E-state index is 1.21. The fourth-order valence-corrected chi connectivity index (χ4v) is 9.22. The van der Waals surface area contributed by atoms with Gasteiger partial charge >= 0.3 is 0 Å². The first kappa shape index (κ1) is 24.2. The maximum absolute atomic E-state index is 2.50. The third-order valence-corrected chi connectivity index (χ3v) is 11.1. The van der Waals surface area contributed by atoms with E-state index in [-0.39, 0.29) is 0 Å². The van der Waals surface area contributed by atoms with Crippen LogP contribution < -0.4 is 0 Å². The van der Waals surface area contributed by atoms with E-state index in [1.54, 1.807) is 0 Å². The summed E-state index contributed by atoms with van der Waals surface area (Å²) in [6, 6.07) is 36.7. The van der Waals surface area contributed by atoms with E-state index in [9.17, 15) is 0 Å². The molecule has 0 radical (unpaired) electrons. The van der Waals surface area contributed by atoms with Crippen molar-refractivity contribution in [2.45, 2.75) is 27.7 Å². The van der Waals surface area contributed by atoms with E-state index in [1.165, 1.54) is 96.0 Å². The van der Waals surface area contributed by atoms with Crippen molar-refractivity contribution >= 4 is 85.1 Å². The number of hydrogen-bond donors (Lipinski definition) is 0. The zero-order chi connectivity index (χ0) is 28.3. The highest BCUT2D eigenvalue weighted by Gasteiger charge is 2.23. The van der Waals surface area contributed by atoms with Gasteiger partial charge in [0.15, 0.2) is 0 Å². The maximum atomic E-state index is 2.50. The zero-order valence-electron chi connectivity index (χ0n) is 23.9. The number of rotatable bonds is 2. The number of nitrogens with zero attached hydrogens (tertiary/aromatic N) is 2. The van der Waals surface area contributed by atoms with Crippen LogP contribution in [0, 0.1) is 27.7 Å². The summed E-state index contributed by atoms with van der Waals surface area (Å²) in [5.74, 6) is 0. The molecule has 0 fully saturated rings. The number of hydrogen-bond acceptors (Lipinski definition) is 2. The van der Waals surface area contributed by atoms with Crippen LogP contribution in [0.5, 0.6) is 0 Å². The molecule has 0 saturated carbocycles. The molecule has 0 bridgehead atoms. The predicted octanol–water partition coefficient (Wildman–Crippen LogP) is 11.5. The topological polar surface area (TPSA) is 9.86 Å². The summed E-state index contributed by atoms with van der Waals surface area (Å²) in [4.78, 5) is 0. The Kier molecular flexibility index (Phi) is 4.95. The van der Waals surface area contributed by atoms with E-state index in [1.807, 2.05) is 22.7 Å². The second kappa shape index (κ2) is 8.57. The van der Waals surface area contributed by atoms with Gasteiger partial charge in [0, 0.05) is 42.3 Å². The summed E-state index contributed by atoms with van der Waals surface area (Å²) in [5, 5.41) is 5.31. The fourth-order valence-electron chi connectivity index (χ4n) is 6.67. The third kappa shape index (κ3) is 3.31. The Morgan fingerprint density at radius 3 is 1.52 bits per heavy atom. The largest absolute Gasteiger partial charge is 0.308 e. The lowest BCUT2D eigenvalue weighted by molar-refractivity contribution is 1.18. The Balaban J connectivity index is 1.47. The van der Waals surface area contributed by atoms with E-state index in [0.717, 1.165) is 0 Å². The lowest BCUT2D eigenvalue weighted by Crippen LogP contribution is -1.95. The van der Waals surface area contributed by atoms with Gasteiger partial charge in [-0.1, -0.05) is 59.7 Å². The van der Waals surface area contributed by atoms with Crippen LogP contribution in [-0.2, 0) is 0 Å². The molecule has 0 N–H and O–H groups in total. The standard InChI is InChI=1S/C38H28N2S2/c1-21-5-11-25(12-6-21)39-31-17-23(3)9-15-27(31)37-36(39)30-19-32-29(20-34(30)42-37)38-35(28-16-10-24(4)18-33(28)41-38)40(32)26-13-7-22(2)8-14-26/h5-20H,1-4H3. The molecule has 5 aromatic carbocycles. The Morgan fingerprint density at radius 1 is 0.405 bits per heavy atom. The van der Waals surface area contributed by atoms with Crippen LogP contribution in [0.25, 0.3) is 73.8 Å². The Morgan fingerprint density at radius 2 is 0.881 bits per heavy atom. The van der Waals surface area contributed by atoms with Crippen molar-refractivity contribution in [1.82, 2.24) is 9.13 Å². The minimum atomic E-state index is 1.21. The normalized spacial score (nSPS) is 12.3. The van der Waals surface area contributed by atoms with Crippen molar-refractivity contribution in [3.05, 3.63) is 119 Å². The molecule has 42 heavy (non-hydrogen) atoms. The van der Waals surface area contributed by atoms with Crippen molar-refractivity contribution in [1.29, 1.82) is 0 Å². The molecule has 0 amide bonds. The van der Waals surface area contributed by atoms with Crippen molar-refractivity contribution in [3.63, 3.8) is 0 Å². The Bertz CT molecular complexity index is 2530. The van der Waals surface area contributed by atoms with Crippen molar-refractivity contribution in [3.8, 4) is 11.4 Å². The lowest BCUT2D eigenvalue weighted by Gasteiger charge is -2.10. The molecular formula is C38H28N2S2. The molecule has 202 valence electrons. The minimum Gasteiger partial charge on any atom is -0.308 e. The predicted molar refractivity (Wildman–Crippen MR) is 185 cm³/mol. The summed E-state index contributed by atoms with van der Waals surface area (Å²) in [6.45, 7) is 8.69. The van der Waals surface area contributed by atoms with Gasteiger partial charge in [0.2, 0.25) is 0 Å². The Labute approximate surface area is 251 Å². The van der Waals surface area contributed by atoms with Crippen LogP contribution in [0.4, 0.5) is 0 Å². The van der Waals surface area contributed by atoms with E-state index < -0.39 is 0 Å². The molecule has 4 aromatic heterocycles. The van der Waals surface area contributed by atoms with Crippen LogP contribution in [0.3, 0.4) is 0 Å². The van der Waals surface area contributed by atoms with Gasteiger partial charge < -0.3 is 9.13 Å². The molecule has 9 aromatic rings. The van der Waals surface area contributed by atoms with Gasteiger partial charge in [0.1, 0.15) is 0 Å². The first-order chi connectivity index (χ1) is 20.4. The van der Waals surface area contributed by atoms with E-state index in [2.05, 4.69) is 134 Å². The molecule has 0 unspecified atom stereocenters. The van der Waals surface area contributed by atoms with Gasteiger partial charge in [-0.3, -0.25) is 0 Å². The van der Waals surface area contributed by atoms with Crippen LogP contribution in [0.1, 0.15) is 22.3 Å². The third-order valence-electron chi connectivity index (χ3n) is 8.76. The number of aromatic nitrogens is 2. The van der Waals surface area contributed by atoms with Gasteiger partial charge in [0.05, 0.1) is 31.5 Å². The molecule has 0 aliphatic rings. The molecule has 0 spiro atoms. The number of aryl methyl sites for hydroxylation is 4. The second-order valence-corrected chi connectivity index (χ2v) is 13.9. The molecule has 4 heterocycles. The highest BCUT2D eigenvalue weighted by atomic mass is 32.1. The lowest BCUT2D eigenvalue weighted by atomic mass is 10.1. The number of fused-ring (bicyclic) bond motifs is 10. The molecule has 9 rings (SSSR count). The van der Waals surface area contributed by atoms with E-state index >= 15 is 0 Å². The second-order valence-electron chi connectivity index (χ2n) is 11.8. The van der Waals surface area contributed by atoms with Gasteiger partial charge in [-0.2, -0.15) is 0 Å². The average Bonchev–Trinajstić information content (AvgIpc) is 3.69. The number of benzene rings is 5. The monoisotopic (exact) mass is 576 g/mol. The summed E-state index contributed by atoms with van der Waals surface area (Å²) in [6.07, 6.45) is 0. The smallest absolute Gasteiger partial charge is 0.0728 e. The first-order valence-electron chi connectivity index (χ1n) is 14.4. The molecular weight excluding hydrogens is 549 g/mol. The molecule has 0 atom stereocenters. The quantitative estimate of drug-likeness (QED) is 0.194. The molecule has 2 nitrogen and oxygen atoms in total. The average molecular weight is 577 g/mol. The molecule has 0 saturated heterocycles.